The highest BCUT2D eigenvalue weighted by Crippen LogP contribution is 2.32. The van der Waals surface area contributed by atoms with Gasteiger partial charge in [0, 0.05) is 19.6 Å². The quantitative estimate of drug-likeness (QED) is 0.374. The topological polar surface area (TPSA) is 106 Å². The second-order valence-electron chi connectivity index (χ2n) is 8.27. The molecule has 0 bridgehead atoms. The van der Waals surface area contributed by atoms with Gasteiger partial charge in [-0.1, -0.05) is 17.4 Å². The molecular weight excluding hydrogens is 492 g/mol. The highest BCUT2D eigenvalue weighted by molar-refractivity contribution is 7.15. The maximum Gasteiger partial charge on any atom is 0.296 e. The molecule has 0 atom stereocenters. The van der Waals surface area contributed by atoms with Gasteiger partial charge in [0.05, 0.1) is 32.0 Å². The zero-order valence-electron chi connectivity index (χ0n) is 20.0. The number of aromatic nitrogens is 6. The van der Waals surface area contributed by atoms with E-state index in [1.54, 1.807) is 24.4 Å². The summed E-state index contributed by atoms with van der Waals surface area (Å²) in [7, 11) is 5.40. The second kappa shape index (κ2) is 10.2. The Balaban J connectivity index is 1.62. The fourth-order valence-electron chi connectivity index (χ4n) is 3.85. The standard InChI is InChI=1S/C22H25F2N9O2S/c1-31(2)12-16-25-11-15(36-16)26-20-28-21(32-7-9-35-10-8-32)30-22(29-20)33-13-5-4-6-14(34-3)17(13)27-19(33)18(23)24/h4-6,11,18H,7-10,12H2,1-3H3,(H,26,28,29,30). The van der Waals surface area contributed by atoms with Crippen LogP contribution in [0.2, 0.25) is 0 Å². The molecule has 190 valence electrons. The number of ether oxygens (including phenoxy) is 2. The van der Waals surface area contributed by atoms with Crippen LogP contribution in [0.15, 0.2) is 24.4 Å². The lowest BCUT2D eigenvalue weighted by Crippen LogP contribution is -2.37. The Kier molecular flexibility index (Phi) is 6.89. The van der Waals surface area contributed by atoms with Gasteiger partial charge in [0.25, 0.3) is 6.43 Å². The molecule has 1 fully saturated rings. The van der Waals surface area contributed by atoms with Crippen molar-refractivity contribution in [3.8, 4) is 11.7 Å². The summed E-state index contributed by atoms with van der Waals surface area (Å²) in [5.74, 6) is 0.496. The molecule has 4 heterocycles. The molecule has 14 heteroatoms. The fraction of sp³-hybridized carbons (Fsp3) is 0.409. The maximum atomic E-state index is 14.1. The number of para-hydroxylation sites is 1. The SMILES string of the molecule is COc1cccc2c1nc(C(F)F)n2-c1nc(Nc2cnc(CN(C)C)s2)nc(N2CCOCC2)n1. The maximum absolute atomic E-state index is 14.1. The first kappa shape index (κ1) is 24.2. The lowest BCUT2D eigenvalue weighted by Gasteiger charge is -2.27. The molecule has 36 heavy (non-hydrogen) atoms. The smallest absolute Gasteiger partial charge is 0.296 e. The third kappa shape index (κ3) is 4.92. The van der Waals surface area contributed by atoms with Crippen molar-refractivity contribution in [2.45, 2.75) is 13.0 Å². The number of methoxy groups -OCH3 is 1. The van der Waals surface area contributed by atoms with Crippen molar-refractivity contribution in [3.63, 3.8) is 0 Å². The van der Waals surface area contributed by atoms with E-state index in [1.165, 1.54) is 23.0 Å². The number of morpholine rings is 1. The van der Waals surface area contributed by atoms with Gasteiger partial charge in [-0.25, -0.2) is 18.7 Å². The van der Waals surface area contributed by atoms with Crippen molar-refractivity contribution in [3.05, 3.63) is 35.2 Å². The van der Waals surface area contributed by atoms with Crippen molar-refractivity contribution in [2.24, 2.45) is 0 Å². The summed E-state index contributed by atoms with van der Waals surface area (Å²) in [5, 5.41) is 4.81. The summed E-state index contributed by atoms with van der Waals surface area (Å²) < 4.78 is 40.3. The minimum absolute atomic E-state index is 0.0260. The fourth-order valence-corrected chi connectivity index (χ4v) is 4.78. The van der Waals surface area contributed by atoms with E-state index in [0.717, 1.165) is 10.0 Å². The number of fused-ring (bicyclic) bond motifs is 1. The number of alkyl halides is 2. The molecule has 0 spiro atoms. The van der Waals surface area contributed by atoms with Gasteiger partial charge in [-0.05, 0) is 26.2 Å². The number of nitrogens with zero attached hydrogens (tertiary/aromatic N) is 8. The Hall–Kier alpha value is -3.49. The van der Waals surface area contributed by atoms with Crippen LogP contribution in [0.3, 0.4) is 0 Å². The minimum atomic E-state index is -2.86. The van der Waals surface area contributed by atoms with Gasteiger partial charge in [0.15, 0.2) is 5.82 Å². The largest absolute Gasteiger partial charge is 0.494 e. The normalized spacial score (nSPS) is 14.2. The Bertz CT molecular complexity index is 1350. The molecule has 0 amide bonds. The first-order valence-corrected chi connectivity index (χ1v) is 12.0. The monoisotopic (exact) mass is 517 g/mol. The van der Waals surface area contributed by atoms with Gasteiger partial charge in [-0.3, -0.25) is 4.57 Å². The van der Waals surface area contributed by atoms with Gasteiger partial charge in [0.1, 0.15) is 21.3 Å². The van der Waals surface area contributed by atoms with Crippen LogP contribution in [0.1, 0.15) is 17.3 Å². The zero-order chi connectivity index (χ0) is 25.2. The molecule has 0 radical (unpaired) electrons. The molecule has 0 aliphatic carbocycles. The van der Waals surface area contributed by atoms with Crippen LogP contribution in [-0.2, 0) is 11.3 Å². The van der Waals surface area contributed by atoms with Gasteiger partial charge in [-0.2, -0.15) is 15.0 Å². The van der Waals surface area contributed by atoms with Crippen molar-refractivity contribution >= 4 is 39.3 Å². The summed E-state index contributed by atoms with van der Waals surface area (Å²) in [4.78, 5) is 26.2. The molecule has 1 aliphatic heterocycles. The Labute approximate surface area is 209 Å². The van der Waals surface area contributed by atoms with Gasteiger partial charge < -0.3 is 24.6 Å². The summed E-state index contributed by atoms with van der Waals surface area (Å²) in [6, 6.07) is 5.06. The molecule has 3 aromatic heterocycles. The second-order valence-corrected chi connectivity index (χ2v) is 9.39. The van der Waals surface area contributed by atoms with Gasteiger partial charge in [0.2, 0.25) is 17.8 Å². The third-order valence-electron chi connectivity index (χ3n) is 5.43. The van der Waals surface area contributed by atoms with E-state index >= 15 is 0 Å². The molecule has 5 rings (SSSR count). The van der Waals surface area contributed by atoms with Crippen molar-refractivity contribution in [1.29, 1.82) is 0 Å². The number of hydrogen-bond donors (Lipinski definition) is 1. The van der Waals surface area contributed by atoms with Crippen LogP contribution in [0.5, 0.6) is 5.75 Å². The van der Waals surface area contributed by atoms with E-state index in [-0.39, 0.29) is 11.9 Å². The van der Waals surface area contributed by atoms with E-state index in [1.807, 2.05) is 23.9 Å². The molecule has 4 aromatic rings. The van der Waals surface area contributed by atoms with Crippen molar-refractivity contribution < 1.29 is 18.3 Å². The van der Waals surface area contributed by atoms with Gasteiger partial charge in [-0.15, -0.1) is 0 Å². The number of hydrogen-bond acceptors (Lipinski definition) is 11. The van der Waals surface area contributed by atoms with E-state index in [4.69, 9.17) is 9.47 Å². The Morgan fingerprint density at radius 3 is 2.64 bits per heavy atom. The third-order valence-corrected chi connectivity index (χ3v) is 6.33. The Morgan fingerprint density at radius 1 is 1.14 bits per heavy atom. The molecule has 11 nitrogen and oxygen atoms in total. The summed E-state index contributed by atoms with van der Waals surface area (Å²) in [6.45, 7) is 2.85. The van der Waals surface area contributed by atoms with E-state index in [9.17, 15) is 8.78 Å². The lowest BCUT2D eigenvalue weighted by molar-refractivity contribution is 0.122. The molecule has 1 aromatic carbocycles. The summed E-state index contributed by atoms with van der Waals surface area (Å²) in [5.41, 5.74) is 0.703. The molecule has 0 saturated carbocycles. The predicted molar refractivity (Wildman–Crippen MR) is 132 cm³/mol. The van der Waals surface area contributed by atoms with E-state index in [2.05, 4.69) is 30.2 Å². The van der Waals surface area contributed by atoms with Crippen LogP contribution in [0.4, 0.5) is 25.7 Å². The first-order chi connectivity index (χ1) is 17.4. The van der Waals surface area contributed by atoms with Crippen LogP contribution in [0.25, 0.3) is 17.0 Å². The van der Waals surface area contributed by atoms with Crippen LogP contribution in [-0.4, -0.2) is 81.9 Å². The molecule has 1 N–H and O–H groups in total. The number of imidazole rings is 1. The first-order valence-electron chi connectivity index (χ1n) is 11.2. The van der Waals surface area contributed by atoms with Crippen molar-refractivity contribution in [1.82, 2.24) is 34.4 Å². The lowest BCUT2D eigenvalue weighted by atomic mass is 10.3. The number of benzene rings is 1. The minimum Gasteiger partial charge on any atom is -0.494 e. The predicted octanol–water partition coefficient (Wildman–Crippen LogP) is 3.26. The highest BCUT2D eigenvalue weighted by Gasteiger charge is 2.26. The number of thiazole rings is 1. The van der Waals surface area contributed by atoms with Gasteiger partial charge >= 0.3 is 0 Å². The molecule has 1 aliphatic rings. The summed E-state index contributed by atoms with van der Waals surface area (Å²) >= 11 is 1.46. The number of nitrogens with one attached hydrogen (secondary N) is 1. The van der Waals surface area contributed by atoms with Crippen LogP contribution < -0.4 is 15.0 Å². The molecular formula is C22H25F2N9O2S. The number of rotatable bonds is 8. The number of halogens is 2. The zero-order valence-corrected chi connectivity index (χ0v) is 20.8. The van der Waals surface area contributed by atoms with Crippen LogP contribution in [0, 0.1) is 0 Å². The summed E-state index contributed by atoms with van der Waals surface area (Å²) in [6.07, 6.45) is -1.17. The Morgan fingerprint density at radius 2 is 1.92 bits per heavy atom. The van der Waals surface area contributed by atoms with Crippen molar-refractivity contribution in [2.75, 3.05) is 57.7 Å². The number of anilines is 3. The van der Waals surface area contributed by atoms with E-state index in [0.29, 0.717) is 55.6 Å². The average molecular weight is 518 g/mol. The highest BCUT2D eigenvalue weighted by atomic mass is 32.1. The molecule has 1 saturated heterocycles. The average Bonchev–Trinajstić information content (AvgIpc) is 3.48. The van der Waals surface area contributed by atoms with Crippen LogP contribution >= 0.6 is 11.3 Å². The molecule has 0 unspecified atom stereocenters. The van der Waals surface area contributed by atoms with E-state index < -0.39 is 12.2 Å².